The number of nitrogens with one attached hydrogen (secondary N) is 1. The summed E-state index contributed by atoms with van der Waals surface area (Å²) in [5.74, 6) is -1.05. The summed E-state index contributed by atoms with van der Waals surface area (Å²) in [6, 6.07) is 6.87. The molecule has 0 spiro atoms. The Bertz CT molecular complexity index is 940. The molecule has 2 aromatic heterocycles. The highest BCUT2D eigenvalue weighted by Crippen LogP contribution is 2.40. The van der Waals surface area contributed by atoms with E-state index in [1.165, 1.54) is 12.4 Å². The summed E-state index contributed by atoms with van der Waals surface area (Å²) in [4.78, 5) is 20.3. The molecule has 0 fully saturated rings. The first kappa shape index (κ1) is 16.7. The molecule has 0 unspecified atom stereocenters. The van der Waals surface area contributed by atoms with Gasteiger partial charge in [-0.1, -0.05) is 19.4 Å². The monoisotopic (exact) mass is 337 g/mol. The molecule has 1 aromatic carbocycles. The van der Waals surface area contributed by atoms with Gasteiger partial charge in [-0.2, -0.15) is 0 Å². The summed E-state index contributed by atoms with van der Waals surface area (Å²) in [6.07, 6.45) is 4.65. The van der Waals surface area contributed by atoms with Gasteiger partial charge in [0.05, 0.1) is 5.52 Å². The Kier molecular flexibility index (Phi) is 4.52. The molecule has 2 heterocycles. The molecule has 0 aliphatic carbocycles. The Morgan fingerprint density at radius 1 is 1.20 bits per heavy atom. The molecule has 0 radical (unpaired) electrons. The average molecular weight is 337 g/mol. The van der Waals surface area contributed by atoms with E-state index in [0.29, 0.717) is 16.5 Å². The molecule has 3 N–H and O–H groups in total. The Morgan fingerprint density at radius 3 is 2.60 bits per heavy atom. The fraction of sp³-hybridized carbons (Fsp3) is 0.211. The van der Waals surface area contributed by atoms with Crippen LogP contribution in [0.15, 0.2) is 36.7 Å². The van der Waals surface area contributed by atoms with Crippen LogP contribution < -0.4 is 5.32 Å². The SMILES string of the molecule is CCCc1cc(C)cc2nc(O)c(NC(=O)c3ccncc3)c(O)c12. The first-order valence-electron chi connectivity index (χ1n) is 8.07. The van der Waals surface area contributed by atoms with Gasteiger partial charge in [0.15, 0.2) is 5.75 Å². The molecule has 1 amide bonds. The summed E-state index contributed by atoms with van der Waals surface area (Å²) in [5.41, 5.74) is 2.71. The van der Waals surface area contributed by atoms with Crippen molar-refractivity contribution in [1.82, 2.24) is 9.97 Å². The van der Waals surface area contributed by atoms with Crippen LogP contribution in [-0.4, -0.2) is 26.1 Å². The average Bonchev–Trinajstić information content (AvgIpc) is 2.58. The highest BCUT2D eigenvalue weighted by Gasteiger charge is 2.19. The quantitative estimate of drug-likeness (QED) is 0.676. The van der Waals surface area contributed by atoms with Gasteiger partial charge in [-0.15, -0.1) is 0 Å². The van der Waals surface area contributed by atoms with Gasteiger partial charge in [-0.3, -0.25) is 9.78 Å². The lowest BCUT2D eigenvalue weighted by Crippen LogP contribution is -2.12. The number of fused-ring (bicyclic) bond motifs is 1. The number of anilines is 1. The normalized spacial score (nSPS) is 10.8. The maximum atomic E-state index is 12.3. The van der Waals surface area contributed by atoms with Gasteiger partial charge in [0.2, 0.25) is 5.88 Å². The van der Waals surface area contributed by atoms with E-state index in [1.807, 2.05) is 19.9 Å². The number of hydrogen-bond donors (Lipinski definition) is 3. The van der Waals surface area contributed by atoms with Crippen molar-refractivity contribution in [1.29, 1.82) is 0 Å². The van der Waals surface area contributed by atoms with E-state index in [0.717, 1.165) is 24.0 Å². The van der Waals surface area contributed by atoms with Crippen LogP contribution in [0.1, 0.15) is 34.8 Å². The largest absolute Gasteiger partial charge is 0.505 e. The summed E-state index contributed by atoms with van der Waals surface area (Å²) < 4.78 is 0. The molecular formula is C19H19N3O3. The second-order valence-corrected chi connectivity index (χ2v) is 5.92. The molecule has 0 bridgehead atoms. The van der Waals surface area contributed by atoms with E-state index in [-0.39, 0.29) is 11.4 Å². The van der Waals surface area contributed by atoms with Gasteiger partial charge in [-0.05, 0) is 42.7 Å². The lowest BCUT2D eigenvalue weighted by atomic mass is 10.00. The van der Waals surface area contributed by atoms with Gasteiger partial charge in [0.1, 0.15) is 5.69 Å². The minimum atomic E-state index is -0.460. The number of hydrogen-bond acceptors (Lipinski definition) is 5. The fourth-order valence-electron chi connectivity index (χ4n) is 2.87. The van der Waals surface area contributed by atoms with Gasteiger partial charge in [0.25, 0.3) is 5.91 Å². The standard InChI is InChI=1S/C19H19N3O3/c1-3-4-13-9-11(2)10-14-15(13)17(23)16(19(25)21-14)22-18(24)12-5-7-20-8-6-12/h5-10H,3-4H2,1-2H3,(H,22,24)(H2,21,23,25). The minimum Gasteiger partial charge on any atom is -0.505 e. The third-order valence-electron chi connectivity index (χ3n) is 3.97. The topological polar surface area (TPSA) is 95.3 Å². The fourth-order valence-corrected chi connectivity index (χ4v) is 2.87. The Balaban J connectivity index is 2.11. The van der Waals surface area contributed by atoms with E-state index >= 15 is 0 Å². The first-order chi connectivity index (χ1) is 12.0. The number of nitrogens with zero attached hydrogens (tertiary/aromatic N) is 2. The maximum Gasteiger partial charge on any atom is 0.256 e. The Hall–Kier alpha value is -3.15. The predicted molar refractivity (Wildman–Crippen MR) is 96.0 cm³/mol. The van der Waals surface area contributed by atoms with Crippen LogP contribution in [0, 0.1) is 6.92 Å². The Morgan fingerprint density at radius 2 is 1.92 bits per heavy atom. The summed E-state index contributed by atoms with van der Waals surface area (Å²) >= 11 is 0. The number of aromatic nitrogens is 2. The summed E-state index contributed by atoms with van der Waals surface area (Å²) in [7, 11) is 0. The van der Waals surface area contributed by atoms with Crippen LogP contribution in [0.5, 0.6) is 11.6 Å². The minimum absolute atomic E-state index is 0.0875. The number of amides is 1. The number of carbonyl (C=O) groups excluding carboxylic acids is 1. The summed E-state index contributed by atoms with van der Waals surface area (Å²) in [6.45, 7) is 3.98. The highest BCUT2D eigenvalue weighted by atomic mass is 16.3. The third-order valence-corrected chi connectivity index (χ3v) is 3.97. The van der Waals surface area contributed by atoms with Crippen molar-refractivity contribution >= 4 is 22.5 Å². The van der Waals surface area contributed by atoms with E-state index in [9.17, 15) is 15.0 Å². The first-order valence-corrected chi connectivity index (χ1v) is 8.07. The van der Waals surface area contributed by atoms with E-state index in [2.05, 4.69) is 15.3 Å². The smallest absolute Gasteiger partial charge is 0.256 e. The van der Waals surface area contributed by atoms with Crippen LogP contribution >= 0.6 is 0 Å². The number of benzene rings is 1. The van der Waals surface area contributed by atoms with Crippen molar-refractivity contribution in [3.63, 3.8) is 0 Å². The van der Waals surface area contributed by atoms with Gasteiger partial charge >= 0.3 is 0 Å². The molecule has 3 rings (SSSR count). The number of aryl methyl sites for hydroxylation is 2. The zero-order chi connectivity index (χ0) is 18.0. The van der Waals surface area contributed by atoms with Crippen LogP contribution in [0.4, 0.5) is 5.69 Å². The van der Waals surface area contributed by atoms with Gasteiger partial charge in [0, 0.05) is 23.3 Å². The predicted octanol–water partition coefficient (Wildman–Crippen LogP) is 3.55. The zero-order valence-electron chi connectivity index (χ0n) is 14.1. The van der Waals surface area contributed by atoms with Crippen molar-refractivity contribution in [3.8, 4) is 11.6 Å². The second-order valence-electron chi connectivity index (χ2n) is 5.92. The molecule has 0 saturated carbocycles. The van der Waals surface area contributed by atoms with Crippen molar-refractivity contribution in [2.45, 2.75) is 26.7 Å². The lowest BCUT2D eigenvalue weighted by molar-refractivity contribution is 0.102. The molecule has 0 aliphatic rings. The van der Waals surface area contributed by atoms with Crippen LogP contribution in [0.2, 0.25) is 0 Å². The second kappa shape index (κ2) is 6.76. The third kappa shape index (κ3) is 3.24. The van der Waals surface area contributed by atoms with Crippen molar-refractivity contribution in [2.24, 2.45) is 0 Å². The number of aromatic hydroxyl groups is 2. The molecule has 6 heteroatoms. The molecule has 6 nitrogen and oxygen atoms in total. The van der Waals surface area contributed by atoms with Crippen LogP contribution in [-0.2, 0) is 6.42 Å². The lowest BCUT2D eigenvalue weighted by Gasteiger charge is -2.14. The van der Waals surface area contributed by atoms with Crippen molar-refractivity contribution in [3.05, 3.63) is 53.3 Å². The molecule has 0 aliphatic heterocycles. The van der Waals surface area contributed by atoms with Crippen LogP contribution in [0.25, 0.3) is 10.9 Å². The molecule has 25 heavy (non-hydrogen) atoms. The highest BCUT2D eigenvalue weighted by molar-refractivity contribution is 6.08. The number of rotatable bonds is 4. The van der Waals surface area contributed by atoms with E-state index < -0.39 is 11.8 Å². The molecule has 128 valence electrons. The zero-order valence-corrected chi connectivity index (χ0v) is 14.1. The number of carbonyl (C=O) groups is 1. The van der Waals surface area contributed by atoms with Crippen molar-refractivity contribution < 1.29 is 15.0 Å². The van der Waals surface area contributed by atoms with Crippen LogP contribution in [0.3, 0.4) is 0 Å². The molecule has 0 saturated heterocycles. The summed E-state index contributed by atoms with van der Waals surface area (Å²) in [5, 5.41) is 24.0. The van der Waals surface area contributed by atoms with Crippen molar-refractivity contribution in [2.75, 3.05) is 5.32 Å². The van der Waals surface area contributed by atoms with E-state index in [1.54, 1.807) is 18.2 Å². The Labute approximate surface area is 145 Å². The van der Waals surface area contributed by atoms with Gasteiger partial charge < -0.3 is 15.5 Å². The molecule has 3 aromatic rings. The maximum absolute atomic E-state index is 12.3. The molecular weight excluding hydrogens is 318 g/mol. The molecule has 0 atom stereocenters. The number of pyridine rings is 2. The van der Waals surface area contributed by atoms with Gasteiger partial charge in [-0.25, -0.2) is 4.98 Å². The van der Waals surface area contributed by atoms with E-state index in [4.69, 9.17) is 0 Å².